The van der Waals surface area contributed by atoms with Gasteiger partial charge in [0.15, 0.2) is 0 Å². The van der Waals surface area contributed by atoms with Crippen molar-refractivity contribution in [2.75, 3.05) is 19.3 Å². The first-order valence-electron chi connectivity index (χ1n) is 10.7. The second-order valence-corrected chi connectivity index (χ2v) is 8.93. The van der Waals surface area contributed by atoms with Crippen LogP contribution in [0.15, 0.2) is 77.8 Å². The third-order valence-electron chi connectivity index (χ3n) is 6.18. The molecule has 1 N–H and O–H groups in total. The van der Waals surface area contributed by atoms with Crippen LogP contribution in [0.1, 0.15) is 34.8 Å². The second-order valence-electron chi connectivity index (χ2n) is 8.05. The zero-order chi connectivity index (χ0) is 21.2. The number of likely N-dealkylation sites (tertiary alicyclic amines) is 1. The van der Waals surface area contributed by atoms with Gasteiger partial charge >= 0.3 is 0 Å². The Balaban J connectivity index is 1.31. The van der Waals surface area contributed by atoms with Crippen molar-refractivity contribution < 1.29 is 4.79 Å². The molecule has 4 nitrogen and oxygen atoms in total. The first kappa shape index (κ1) is 19.9. The van der Waals surface area contributed by atoms with Gasteiger partial charge in [0.2, 0.25) is 0 Å². The maximum Gasteiger partial charge on any atom is 0.270 e. The minimum Gasteiger partial charge on any atom is -0.337 e. The van der Waals surface area contributed by atoms with E-state index in [4.69, 9.17) is 0 Å². The average molecular weight is 428 g/mol. The van der Waals surface area contributed by atoms with E-state index in [1.807, 2.05) is 17.2 Å². The van der Waals surface area contributed by atoms with Crippen LogP contribution >= 0.6 is 11.8 Å². The lowest BCUT2D eigenvalue weighted by molar-refractivity contribution is 0.0708. The summed E-state index contributed by atoms with van der Waals surface area (Å²) in [6.45, 7) is 1.57. The summed E-state index contributed by atoms with van der Waals surface area (Å²) in [5.41, 5.74) is 4.94. The van der Waals surface area contributed by atoms with Crippen LogP contribution in [0.2, 0.25) is 0 Å². The molecule has 156 valence electrons. The van der Waals surface area contributed by atoms with Crippen LogP contribution in [-0.4, -0.2) is 40.1 Å². The molecule has 0 unspecified atom stereocenters. The van der Waals surface area contributed by atoms with Crippen molar-refractivity contribution in [3.8, 4) is 11.1 Å². The van der Waals surface area contributed by atoms with Crippen molar-refractivity contribution >= 4 is 28.7 Å². The number of aromatic nitrogens is 2. The highest BCUT2D eigenvalue weighted by molar-refractivity contribution is 7.98. The van der Waals surface area contributed by atoms with Crippen LogP contribution in [0.4, 0.5) is 0 Å². The van der Waals surface area contributed by atoms with Gasteiger partial charge < -0.3 is 9.88 Å². The molecule has 0 atom stereocenters. The number of piperidine rings is 1. The Kier molecular flexibility index (Phi) is 5.51. The number of carbonyl (C=O) groups is 1. The normalized spacial score (nSPS) is 14.8. The first-order valence-corrected chi connectivity index (χ1v) is 11.9. The van der Waals surface area contributed by atoms with Gasteiger partial charge in [-0.05, 0) is 60.4 Å². The lowest BCUT2D eigenvalue weighted by Crippen LogP contribution is -2.38. The summed E-state index contributed by atoms with van der Waals surface area (Å²) in [7, 11) is 0. The fourth-order valence-corrected chi connectivity index (χ4v) is 4.79. The van der Waals surface area contributed by atoms with Crippen molar-refractivity contribution in [1.82, 2.24) is 14.9 Å². The Hall–Kier alpha value is -3.05. The maximum atomic E-state index is 13.1. The molecular weight excluding hydrogens is 402 g/mol. The Labute approximate surface area is 186 Å². The smallest absolute Gasteiger partial charge is 0.270 e. The summed E-state index contributed by atoms with van der Waals surface area (Å²) >= 11 is 1.73. The topological polar surface area (TPSA) is 49.0 Å². The van der Waals surface area contributed by atoms with Gasteiger partial charge in [0.25, 0.3) is 5.91 Å². The van der Waals surface area contributed by atoms with Crippen molar-refractivity contribution in [3.05, 3.63) is 84.2 Å². The standard InChI is InChI=1S/C26H25N3OS/c1-31-23-9-7-19(8-10-23)22-15-21-16-24(28-25(21)27-17-22)26(30)29-13-11-20(12-14-29)18-5-3-2-4-6-18/h2-10,15-17,20H,11-14H2,1H3,(H,27,28). The third kappa shape index (κ3) is 4.10. The number of hydrogen-bond donors (Lipinski definition) is 1. The van der Waals surface area contributed by atoms with E-state index in [9.17, 15) is 4.79 Å². The van der Waals surface area contributed by atoms with E-state index >= 15 is 0 Å². The summed E-state index contributed by atoms with van der Waals surface area (Å²) in [6, 6.07) is 23.1. The van der Waals surface area contributed by atoms with E-state index in [2.05, 4.69) is 76.9 Å². The van der Waals surface area contributed by atoms with Crippen LogP contribution in [0, 0.1) is 0 Å². The van der Waals surface area contributed by atoms with Gasteiger partial charge in [0.05, 0.1) is 0 Å². The highest BCUT2D eigenvalue weighted by Gasteiger charge is 2.25. The quantitative estimate of drug-likeness (QED) is 0.408. The molecule has 4 aromatic rings. The molecule has 5 rings (SSSR count). The van der Waals surface area contributed by atoms with Gasteiger partial charge in [-0.1, -0.05) is 42.5 Å². The predicted molar refractivity (Wildman–Crippen MR) is 128 cm³/mol. The van der Waals surface area contributed by atoms with Crippen molar-refractivity contribution in [2.24, 2.45) is 0 Å². The molecule has 1 amide bonds. The predicted octanol–water partition coefficient (Wildman–Crippen LogP) is 5.97. The SMILES string of the molecule is CSc1ccc(-c2cnc3[nH]c(C(=O)N4CCC(c5ccccc5)CC4)cc3c2)cc1. The van der Waals surface area contributed by atoms with E-state index in [1.165, 1.54) is 10.5 Å². The highest BCUT2D eigenvalue weighted by Crippen LogP contribution is 2.29. The lowest BCUT2D eigenvalue weighted by Gasteiger charge is -2.32. The molecule has 5 heteroatoms. The van der Waals surface area contributed by atoms with Gasteiger partial charge in [0.1, 0.15) is 11.3 Å². The Morgan fingerprint density at radius 1 is 1.00 bits per heavy atom. The van der Waals surface area contributed by atoms with Gasteiger partial charge in [-0.3, -0.25) is 4.79 Å². The van der Waals surface area contributed by atoms with Crippen LogP contribution < -0.4 is 0 Å². The van der Waals surface area contributed by atoms with Crippen molar-refractivity contribution in [2.45, 2.75) is 23.7 Å². The fourth-order valence-electron chi connectivity index (χ4n) is 4.38. The van der Waals surface area contributed by atoms with Crippen LogP contribution in [0.25, 0.3) is 22.2 Å². The van der Waals surface area contributed by atoms with Crippen LogP contribution in [0.5, 0.6) is 0 Å². The summed E-state index contributed by atoms with van der Waals surface area (Å²) in [4.78, 5) is 24.1. The number of rotatable bonds is 4. The van der Waals surface area contributed by atoms with E-state index in [0.717, 1.165) is 48.1 Å². The van der Waals surface area contributed by atoms with E-state index in [-0.39, 0.29) is 5.91 Å². The molecule has 2 aromatic carbocycles. The van der Waals surface area contributed by atoms with Crippen LogP contribution in [-0.2, 0) is 0 Å². The third-order valence-corrected chi connectivity index (χ3v) is 6.92. The Morgan fingerprint density at radius 3 is 2.45 bits per heavy atom. The molecule has 0 spiro atoms. The fraction of sp³-hybridized carbons (Fsp3) is 0.231. The molecule has 3 heterocycles. The average Bonchev–Trinajstić information content (AvgIpc) is 3.28. The number of hydrogen-bond acceptors (Lipinski definition) is 3. The number of benzene rings is 2. The number of H-pyrrole nitrogens is 1. The highest BCUT2D eigenvalue weighted by atomic mass is 32.2. The number of nitrogens with one attached hydrogen (secondary N) is 1. The zero-order valence-electron chi connectivity index (χ0n) is 17.5. The molecule has 1 aliphatic rings. The number of thioether (sulfide) groups is 1. The number of nitrogens with zero attached hydrogens (tertiary/aromatic N) is 2. The molecule has 31 heavy (non-hydrogen) atoms. The number of aromatic amines is 1. The summed E-state index contributed by atoms with van der Waals surface area (Å²) in [6.07, 6.45) is 5.95. The summed E-state index contributed by atoms with van der Waals surface area (Å²) in [5, 5.41) is 0.967. The second kappa shape index (κ2) is 8.60. The Bertz CT molecular complexity index is 1190. The van der Waals surface area contributed by atoms with E-state index in [1.54, 1.807) is 11.8 Å². The van der Waals surface area contributed by atoms with Gasteiger partial charge in [-0.15, -0.1) is 11.8 Å². The number of pyridine rings is 1. The van der Waals surface area contributed by atoms with E-state index in [0.29, 0.717) is 11.6 Å². The first-order chi connectivity index (χ1) is 15.2. The number of fused-ring (bicyclic) bond motifs is 1. The van der Waals surface area contributed by atoms with Crippen molar-refractivity contribution in [3.63, 3.8) is 0 Å². The molecule has 2 aromatic heterocycles. The minimum atomic E-state index is 0.0652. The van der Waals surface area contributed by atoms with Crippen LogP contribution in [0.3, 0.4) is 0 Å². The molecule has 0 bridgehead atoms. The summed E-state index contributed by atoms with van der Waals surface area (Å²) in [5.74, 6) is 0.602. The monoisotopic (exact) mass is 427 g/mol. The molecular formula is C26H25N3OS. The molecule has 1 aliphatic heterocycles. The lowest BCUT2D eigenvalue weighted by atomic mass is 9.89. The minimum absolute atomic E-state index is 0.0652. The van der Waals surface area contributed by atoms with Gasteiger partial charge in [-0.2, -0.15) is 0 Å². The molecule has 0 saturated carbocycles. The number of amides is 1. The summed E-state index contributed by atoms with van der Waals surface area (Å²) < 4.78 is 0. The largest absolute Gasteiger partial charge is 0.337 e. The van der Waals surface area contributed by atoms with E-state index < -0.39 is 0 Å². The van der Waals surface area contributed by atoms with Gasteiger partial charge in [0, 0.05) is 35.1 Å². The van der Waals surface area contributed by atoms with Gasteiger partial charge in [-0.25, -0.2) is 4.98 Å². The number of carbonyl (C=O) groups excluding carboxylic acids is 1. The Morgan fingerprint density at radius 2 is 1.74 bits per heavy atom. The molecule has 0 radical (unpaired) electrons. The maximum absolute atomic E-state index is 13.1. The molecule has 1 fully saturated rings. The molecule has 1 saturated heterocycles. The van der Waals surface area contributed by atoms with Crippen molar-refractivity contribution in [1.29, 1.82) is 0 Å². The zero-order valence-corrected chi connectivity index (χ0v) is 18.4. The molecule has 0 aliphatic carbocycles.